The molecule has 1 aromatic rings. The molecular formula is C13H18ClN3O2. The van der Waals surface area contributed by atoms with Gasteiger partial charge in [-0.3, -0.25) is 9.59 Å². The van der Waals surface area contributed by atoms with Crippen molar-refractivity contribution in [1.82, 2.24) is 10.6 Å². The highest BCUT2D eigenvalue weighted by molar-refractivity contribution is 6.31. The quantitative estimate of drug-likeness (QED) is 0.654. The third-order valence-electron chi connectivity index (χ3n) is 2.56. The lowest BCUT2D eigenvalue weighted by Gasteiger charge is -2.07. The molecule has 2 amide bonds. The fourth-order valence-corrected chi connectivity index (χ4v) is 1.80. The van der Waals surface area contributed by atoms with Crippen molar-refractivity contribution in [3.05, 3.63) is 34.3 Å². The summed E-state index contributed by atoms with van der Waals surface area (Å²) >= 11 is 6.04. The van der Waals surface area contributed by atoms with E-state index in [4.69, 9.17) is 17.3 Å². The largest absolute Gasteiger partial charge is 0.366 e. The summed E-state index contributed by atoms with van der Waals surface area (Å²) in [7, 11) is 0. The highest BCUT2D eigenvalue weighted by atomic mass is 35.5. The molecule has 1 aromatic carbocycles. The monoisotopic (exact) mass is 283 g/mol. The summed E-state index contributed by atoms with van der Waals surface area (Å²) in [5.74, 6) is -0.484. The minimum Gasteiger partial charge on any atom is -0.366 e. The predicted octanol–water partition coefficient (Wildman–Crippen LogP) is 1.05. The van der Waals surface area contributed by atoms with Gasteiger partial charge in [-0.15, -0.1) is 0 Å². The van der Waals surface area contributed by atoms with E-state index in [1.54, 1.807) is 18.2 Å². The Morgan fingerprint density at radius 1 is 1.37 bits per heavy atom. The Bertz CT molecular complexity index is 463. The van der Waals surface area contributed by atoms with Gasteiger partial charge in [-0.2, -0.15) is 0 Å². The number of nitrogens with two attached hydrogens (primary N) is 1. The van der Waals surface area contributed by atoms with Crippen LogP contribution in [-0.4, -0.2) is 24.9 Å². The van der Waals surface area contributed by atoms with Crippen LogP contribution in [0.5, 0.6) is 0 Å². The van der Waals surface area contributed by atoms with Crippen LogP contribution in [0.3, 0.4) is 0 Å². The maximum atomic E-state index is 11.2. The molecule has 19 heavy (non-hydrogen) atoms. The summed E-state index contributed by atoms with van der Waals surface area (Å²) in [5.41, 5.74) is 6.41. The van der Waals surface area contributed by atoms with E-state index in [2.05, 4.69) is 10.6 Å². The summed E-state index contributed by atoms with van der Waals surface area (Å²) in [6, 6.07) is 4.93. The number of amides is 2. The predicted molar refractivity (Wildman–Crippen MR) is 75.0 cm³/mol. The zero-order chi connectivity index (χ0) is 14.3. The van der Waals surface area contributed by atoms with Crippen LogP contribution in [0.1, 0.15) is 29.3 Å². The van der Waals surface area contributed by atoms with Crippen LogP contribution in [0.25, 0.3) is 0 Å². The van der Waals surface area contributed by atoms with Crippen molar-refractivity contribution < 1.29 is 9.59 Å². The minimum absolute atomic E-state index is 0.0187. The molecule has 0 spiro atoms. The average molecular weight is 284 g/mol. The van der Waals surface area contributed by atoms with Crippen molar-refractivity contribution >= 4 is 23.4 Å². The number of halogens is 1. The number of primary amides is 1. The smallest absolute Gasteiger partial charge is 0.248 e. The first-order valence-corrected chi connectivity index (χ1v) is 6.48. The third-order valence-corrected chi connectivity index (χ3v) is 2.91. The molecular weight excluding hydrogens is 266 g/mol. The van der Waals surface area contributed by atoms with Crippen LogP contribution >= 0.6 is 11.6 Å². The zero-order valence-corrected chi connectivity index (χ0v) is 11.6. The molecule has 0 saturated heterocycles. The Balaban J connectivity index is 2.41. The summed E-state index contributed by atoms with van der Waals surface area (Å²) < 4.78 is 0. The molecule has 0 atom stereocenters. The molecule has 0 saturated carbocycles. The van der Waals surface area contributed by atoms with Crippen molar-refractivity contribution in [3.63, 3.8) is 0 Å². The number of hydrogen-bond acceptors (Lipinski definition) is 3. The number of nitrogens with one attached hydrogen (secondary N) is 2. The number of benzene rings is 1. The number of carbonyl (C=O) groups excluding carboxylic acids is 2. The summed E-state index contributed by atoms with van der Waals surface area (Å²) in [4.78, 5) is 22.2. The molecule has 6 heteroatoms. The first-order valence-electron chi connectivity index (χ1n) is 6.10. The van der Waals surface area contributed by atoms with Gasteiger partial charge >= 0.3 is 0 Å². The second-order valence-corrected chi connectivity index (χ2v) is 4.46. The zero-order valence-electron chi connectivity index (χ0n) is 10.8. The van der Waals surface area contributed by atoms with Gasteiger partial charge in [-0.05, 0) is 24.6 Å². The first kappa shape index (κ1) is 15.5. The number of carbonyl (C=O) groups is 2. The van der Waals surface area contributed by atoms with E-state index in [0.717, 1.165) is 5.56 Å². The van der Waals surface area contributed by atoms with Crippen LogP contribution in [0, 0.1) is 0 Å². The van der Waals surface area contributed by atoms with Crippen LogP contribution < -0.4 is 16.4 Å². The van der Waals surface area contributed by atoms with Crippen molar-refractivity contribution in [1.29, 1.82) is 0 Å². The molecule has 1 rings (SSSR count). The normalized spacial score (nSPS) is 10.2. The Morgan fingerprint density at radius 3 is 2.68 bits per heavy atom. The van der Waals surface area contributed by atoms with Crippen molar-refractivity contribution in [3.8, 4) is 0 Å². The second kappa shape index (κ2) is 7.76. The molecule has 0 heterocycles. The summed E-state index contributed by atoms with van der Waals surface area (Å²) in [5, 5.41) is 6.33. The fourth-order valence-electron chi connectivity index (χ4n) is 1.55. The van der Waals surface area contributed by atoms with Gasteiger partial charge in [0.2, 0.25) is 11.8 Å². The SMILES string of the molecule is CCNC(=O)CCNCc1ccc(C(N)=O)cc1Cl. The van der Waals surface area contributed by atoms with Crippen molar-refractivity contribution in [2.24, 2.45) is 5.73 Å². The number of hydrogen-bond donors (Lipinski definition) is 3. The molecule has 0 aliphatic heterocycles. The molecule has 5 nitrogen and oxygen atoms in total. The standard InChI is InChI=1S/C13H18ClN3O2/c1-2-17-12(18)5-6-16-8-10-4-3-9(13(15)19)7-11(10)14/h3-4,7,16H,2,5-6,8H2,1H3,(H2,15,19)(H,17,18). The molecule has 0 unspecified atom stereocenters. The summed E-state index contributed by atoms with van der Waals surface area (Å²) in [6.45, 7) is 3.63. The van der Waals surface area contributed by atoms with Gasteiger partial charge in [0.1, 0.15) is 0 Å². The van der Waals surface area contributed by atoms with Gasteiger partial charge in [-0.1, -0.05) is 17.7 Å². The van der Waals surface area contributed by atoms with E-state index in [0.29, 0.717) is 36.6 Å². The Hall–Kier alpha value is -1.59. The maximum absolute atomic E-state index is 11.2. The molecule has 0 fully saturated rings. The maximum Gasteiger partial charge on any atom is 0.248 e. The molecule has 0 bridgehead atoms. The Morgan fingerprint density at radius 2 is 2.11 bits per heavy atom. The molecule has 0 aliphatic rings. The molecule has 0 aliphatic carbocycles. The topological polar surface area (TPSA) is 84.2 Å². The summed E-state index contributed by atoms with van der Waals surface area (Å²) in [6.07, 6.45) is 0.421. The van der Waals surface area contributed by atoms with E-state index < -0.39 is 5.91 Å². The molecule has 4 N–H and O–H groups in total. The van der Waals surface area contributed by atoms with Gasteiger partial charge < -0.3 is 16.4 Å². The Labute approximate surface area is 117 Å². The van der Waals surface area contributed by atoms with E-state index in [9.17, 15) is 9.59 Å². The molecule has 0 radical (unpaired) electrons. The van der Waals surface area contributed by atoms with E-state index in [1.165, 1.54) is 0 Å². The van der Waals surface area contributed by atoms with Gasteiger partial charge in [-0.25, -0.2) is 0 Å². The molecule has 104 valence electrons. The van der Waals surface area contributed by atoms with E-state index in [-0.39, 0.29) is 5.91 Å². The number of rotatable bonds is 7. The fraction of sp³-hybridized carbons (Fsp3) is 0.385. The second-order valence-electron chi connectivity index (χ2n) is 4.05. The van der Waals surface area contributed by atoms with Crippen LogP contribution in [0.15, 0.2) is 18.2 Å². The van der Waals surface area contributed by atoms with Crippen LogP contribution in [0.4, 0.5) is 0 Å². The van der Waals surface area contributed by atoms with Gasteiger partial charge in [0, 0.05) is 36.6 Å². The van der Waals surface area contributed by atoms with Crippen molar-refractivity contribution in [2.45, 2.75) is 19.9 Å². The van der Waals surface area contributed by atoms with Crippen LogP contribution in [-0.2, 0) is 11.3 Å². The molecule has 0 aromatic heterocycles. The average Bonchev–Trinajstić information content (AvgIpc) is 2.36. The highest BCUT2D eigenvalue weighted by Crippen LogP contribution is 2.17. The lowest BCUT2D eigenvalue weighted by molar-refractivity contribution is -0.120. The van der Waals surface area contributed by atoms with Crippen LogP contribution in [0.2, 0.25) is 5.02 Å². The third kappa shape index (κ3) is 5.28. The highest BCUT2D eigenvalue weighted by Gasteiger charge is 2.05. The van der Waals surface area contributed by atoms with Gasteiger partial charge in [0.25, 0.3) is 0 Å². The van der Waals surface area contributed by atoms with Crippen molar-refractivity contribution in [2.75, 3.05) is 13.1 Å². The van der Waals surface area contributed by atoms with Gasteiger partial charge in [0.15, 0.2) is 0 Å². The van der Waals surface area contributed by atoms with Gasteiger partial charge in [0.05, 0.1) is 0 Å². The van der Waals surface area contributed by atoms with E-state index >= 15 is 0 Å². The lowest BCUT2D eigenvalue weighted by Crippen LogP contribution is -2.27. The minimum atomic E-state index is -0.502. The lowest BCUT2D eigenvalue weighted by atomic mass is 10.1. The first-order chi connectivity index (χ1) is 9.04. The van der Waals surface area contributed by atoms with E-state index in [1.807, 2.05) is 6.92 Å². The Kier molecular flexibility index (Phi) is 6.32.